The topological polar surface area (TPSA) is 46.5 Å². The third kappa shape index (κ3) is 3.26. The van der Waals surface area contributed by atoms with Crippen molar-refractivity contribution in [2.45, 2.75) is 6.92 Å². The molecule has 0 fully saturated rings. The van der Waals surface area contributed by atoms with Gasteiger partial charge in [-0.2, -0.15) is 0 Å². The number of benzene rings is 2. The molecule has 0 bridgehead atoms. The molecule has 0 amide bonds. The van der Waals surface area contributed by atoms with Crippen LogP contribution in [0.4, 0.5) is 0 Å². The molecule has 2 rings (SSSR count). The van der Waals surface area contributed by atoms with Crippen LogP contribution in [0.15, 0.2) is 48.5 Å². The molecule has 0 radical (unpaired) electrons. The Morgan fingerprint density at radius 2 is 1.65 bits per heavy atom. The van der Waals surface area contributed by atoms with Gasteiger partial charge >= 0.3 is 5.97 Å². The average molecular weight is 268 g/mol. The highest BCUT2D eigenvalue weighted by atomic mass is 16.5. The average Bonchev–Trinajstić information content (AvgIpc) is 2.47. The highest BCUT2D eigenvalue weighted by Crippen LogP contribution is 2.21. The summed E-state index contributed by atoms with van der Waals surface area (Å²) in [6.45, 7) is 2.52. The summed E-state index contributed by atoms with van der Waals surface area (Å²) in [4.78, 5) is 11.1. The molecule has 0 aliphatic carbocycles. The van der Waals surface area contributed by atoms with Gasteiger partial charge in [0.2, 0.25) is 0 Å². The lowest BCUT2D eigenvalue weighted by Crippen LogP contribution is -1.98. The Hall–Kier alpha value is -2.55. The van der Waals surface area contributed by atoms with Crippen molar-refractivity contribution in [3.05, 3.63) is 65.2 Å². The highest BCUT2D eigenvalue weighted by Gasteiger charge is 2.06. The van der Waals surface area contributed by atoms with Gasteiger partial charge in [0.05, 0.1) is 12.2 Å². The van der Waals surface area contributed by atoms with E-state index < -0.39 is 5.97 Å². The van der Waals surface area contributed by atoms with Crippen molar-refractivity contribution in [3.63, 3.8) is 0 Å². The van der Waals surface area contributed by atoms with E-state index in [4.69, 9.17) is 9.84 Å². The third-order valence-corrected chi connectivity index (χ3v) is 2.85. The molecule has 0 spiro atoms. The van der Waals surface area contributed by atoms with Crippen molar-refractivity contribution >= 4 is 18.1 Å². The summed E-state index contributed by atoms with van der Waals surface area (Å²) in [5.74, 6) is -0.137. The molecule has 2 aromatic rings. The monoisotopic (exact) mass is 268 g/mol. The molecule has 0 atom stereocenters. The Kier molecular flexibility index (Phi) is 4.56. The molecule has 0 aromatic heterocycles. The lowest BCUT2D eigenvalue weighted by Gasteiger charge is -2.06. The van der Waals surface area contributed by atoms with Crippen LogP contribution in [0.5, 0.6) is 5.75 Å². The Balaban J connectivity index is 2.33. The molecule has 3 heteroatoms. The summed E-state index contributed by atoms with van der Waals surface area (Å²) in [7, 11) is 0. The fraction of sp³-hybridized carbons (Fsp3) is 0.118. The van der Waals surface area contributed by atoms with Crippen LogP contribution >= 0.6 is 0 Å². The number of rotatable bonds is 5. The molecule has 0 heterocycles. The number of para-hydroxylation sites is 1. The summed E-state index contributed by atoms with van der Waals surface area (Å²) < 4.78 is 5.54. The zero-order valence-electron chi connectivity index (χ0n) is 11.2. The van der Waals surface area contributed by atoms with E-state index in [0.29, 0.717) is 12.2 Å². The molecule has 0 aliphatic rings. The van der Waals surface area contributed by atoms with Crippen molar-refractivity contribution in [3.8, 4) is 5.75 Å². The zero-order valence-corrected chi connectivity index (χ0v) is 11.2. The minimum absolute atomic E-state index is 0.289. The van der Waals surface area contributed by atoms with Crippen LogP contribution in [0.1, 0.15) is 28.4 Å². The predicted octanol–water partition coefficient (Wildman–Crippen LogP) is 3.95. The van der Waals surface area contributed by atoms with Crippen LogP contribution in [-0.4, -0.2) is 17.7 Å². The van der Waals surface area contributed by atoms with Gasteiger partial charge in [-0.05, 0) is 24.6 Å². The van der Waals surface area contributed by atoms with Gasteiger partial charge in [-0.3, -0.25) is 0 Å². The van der Waals surface area contributed by atoms with E-state index in [1.807, 2.05) is 43.3 Å². The van der Waals surface area contributed by atoms with Crippen LogP contribution in [-0.2, 0) is 0 Å². The quantitative estimate of drug-likeness (QED) is 0.835. The molecule has 0 aliphatic heterocycles. The third-order valence-electron chi connectivity index (χ3n) is 2.85. The van der Waals surface area contributed by atoms with Gasteiger partial charge in [-0.1, -0.05) is 48.6 Å². The molecular weight excluding hydrogens is 252 g/mol. The first-order valence-electron chi connectivity index (χ1n) is 6.44. The summed E-state index contributed by atoms with van der Waals surface area (Å²) in [5.41, 5.74) is 1.89. The fourth-order valence-corrected chi connectivity index (χ4v) is 1.92. The molecular formula is C17H16O3. The largest absolute Gasteiger partial charge is 0.493 e. The van der Waals surface area contributed by atoms with E-state index in [-0.39, 0.29) is 5.56 Å². The maximum atomic E-state index is 11.1. The van der Waals surface area contributed by atoms with E-state index in [1.54, 1.807) is 24.3 Å². The second kappa shape index (κ2) is 6.57. The smallest absolute Gasteiger partial charge is 0.336 e. The number of carboxylic acid groups (broad SMARTS) is 1. The molecule has 1 N–H and O–H groups in total. The molecule has 0 unspecified atom stereocenters. The maximum absolute atomic E-state index is 11.1. The number of ether oxygens (including phenoxy) is 1. The van der Waals surface area contributed by atoms with Gasteiger partial charge in [0.1, 0.15) is 5.75 Å². The Bertz CT molecular complexity index is 630. The van der Waals surface area contributed by atoms with Crippen molar-refractivity contribution in [2.24, 2.45) is 0 Å². The lowest BCUT2D eigenvalue weighted by molar-refractivity contribution is 0.0696. The van der Waals surface area contributed by atoms with Gasteiger partial charge in [-0.25, -0.2) is 4.79 Å². The van der Waals surface area contributed by atoms with Gasteiger partial charge in [0.25, 0.3) is 0 Å². The van der Waals surface area contributed by atoms with Gasteiger partial charge < -0.3 is 9.84 Å². The summed E-state index contributed by atoms with van der Waals surface area (Å²) in [6, 6.07) is 14.6. The Morgan fingerprint density at radius 3 is 2.35 bits per heavy atom. The first-order valence-corrected chi connectivity index (χ1v) is 6.44. The Morgan fingerprint density at radius 1 is 1.05 bits per heavy atom. The number of carboxylic acids is 1. The van der Waals surface area contributed by atoms with Crippen molar-refractivity contribution in [1.82, 2.24) is 0 Å². The molecule has 2 aromatic carbocycles. The predicted molar refractivity (Wildman–Crippen MR) is 79.9 cm³/mol. The standard InChI is InChI=1S/C17H16O3/c1-2-20-16-10-6-4-8-14(16)12-11-13-7-3-5-9-15(13)17(18)19/h3-12H,2H2,1H3,(H,18,19)/b12-11+. The zero-order chi connectivity index (χ0) is 14.4. The number of hydrogen-bond donors (Lipinski definition) is 1. The molecule has 3 nitrogen and oxygen atoms in total. The number of carbonyl (C=O) groups is 1. The normalized spacial score (nSPS) is 10.7. The van der Waals surface area contributed by atoms with Crippen LogP contribution in [0.25, 0.3) is 12.2 Å². The summed E-state index contributed by atoms with van der Waals surface area (Å²) in [5, 5.41) is 9.14. The van der Waals surface area contributed by atoms with Crippen LogP contribution < -0.4 is 4.74 Å². The first kappa shape index (κ1) is 13.9. The summed E-state index contributed by atoms with van der Waals surface area (Å²) >= 11 is 0. The van der Waals surface area contributed by atoms with Crippen molar-refractivity contribution in [1.29, 1.82) is 0 Å². The SMILES string of the molecule is CCOc1ccccc1/C=C/c1ccccc1C(=O)O. The molecule has 102 valence electrons. The first-order chi connectivity index (χ1) is 9.72. The second-order valence-corrected chi connectivity index (χ2v) is 4.20. The maximum Gasteiger partial charge on any atom is 0.336 e. The minimum Gasteiger partial charge on any atom is -0.493 e. The van der Waals surface area contributed by atoms with Gasteiger partial charge in [0.15, 0.2) is 0 Å². The number of hydrogen-bond acceptors (Lipinski definition) is 2. The van der Waals surface area contributed by atoms with Crippen LogP contribution in [0.3, 0.4) is 0 Å². The van der Waals surface area contributed by atoms with Crippen molar-refractivity contribution < 1.29 is 14.6 Å². The molecule has 0 saturated carbocycles. The second-order valence-electron chi connectivity index (χ2n) is 4.20. The van der Waals surface area contributed by atoms with E-state index in [1.165, 1.54) is 0 Å². The van der Waals surface area contributed by atoms with E-state index in [9.17, 15) is 4.79 Å². The Labute approximate surface area is 118 Å². The van der Waals surface area contributed by atoms with Crippen LogP contribution in [0.2, 0.25) is 0 Å². The lowest BCUT2D eigenvalue weighted by atomic mass is 10.1. The van der Waals surface area contributed by atoms with E-state index >= 15 is 0 Å². The highest BCUT2D eigenvalue weighted by molar-refractivity contribution is 5.93. The molecule has 0 saturated heterocycles. The van der Waals surface area contributed by atoms with Crippen LogP contribution in [0, 0.1) is 0 Å². The van der Waals surface area contributed by atoms with Crippen molar-refractivity contribution in [2.75, 3.05) is 6.61 Å². The van der Waals surface area contributed by atoms with Gasteiger partial charge in [0, 0.05) is 5.56 Å². The minimum atomic E-state index is -0.927. The summed E-state index contributed by atoms with van der Waals surface area (Å²) in [6.07, 6.45) is 3.66. The molecule has 20 heavy (non-hydrogen) atoms. The fourth-order valence-electron chi connectivity index (χ4n) is 1.92. The number of aromatic carboxylic acids is 1. The van der Waals surface area contributed by atoms with E-state index in [2.05, 4.69) is 0 Å². The van der Waals surface area contributed by atoms with Gasteiger partial charge in [-0.15, -0.1) is 0 Å². The van der Waals surface area contributed by atoms with E-state index in [0.717, 1.165) is 11.3 Å².